The zero-order chi connectivity index (χ0) is 27.2. The largest absolute Gasteiger partial charge is 0.394 e. The maximum atomic E-state index is 12.2. The molecule has 37 heavy (non-hydrogen) atoms. The van der Waals surface area contributed by atoms with Crippen molar-refractivity contribution in [3.8, 4) is 0 Å². The second kappa shape index (κ2) is 29.2. The molecule has 0 saturated carbocycles. The van der Waals surface area contributed by atoms with E-state index in [1.807, 2.05) is 6.08 Å². The Balaban J connectivity index is 3.76. The fourth-order valence-corrected chi connectivity index (χ4v) is 4.36. The molecule has 0 saturated heterocycles. The van der Waals surface area contributed by atoms with Crippen LogP contribution in [0.25, 0.3) is 0 Å². The van der Waals surface area contributed by atoms with Crippen LogP contribution in [0.3, 0.4) is 0 Å². The van der Waals surface area contributed by atoms with Crippen molar-refractivity contribution in [3.05, 3.63) is 36.5 Å². The first kappa shape index (κ1) is 35.6. The Labute approximate surface area is 230 Å². The van der Waals surface area contributed by atoms with Gasteiger partial charge >= 0.3 is 0 Å². The lowest BCUT2D eigenvalue weighted by molar-refractivity contribution is -0.123. The van der Waals surface area contributed by atoms with Gasteiger partial charge < -0.3 is 15.5 Å². The molecule has 0 heterocycles. The first-order valence-electron chi connectivity index (χ1n) is 15.7. The summed E-state index contributed by atoms with van der Waals surface area (Å²) in [4.78, 5) is 12.2. The fraction of sp³-hybridized carbons (Fsp3) is 0.788. The van der Waals surface area contributed by atoms with Crippen LogP contribution in [0.2, 0.25) is 0 Å². The summed E-state index contributed by atoms with van der Waals surface area (Å²) in [7, 11) is 0. The molecule has 0 rings (SSSR count). The Bertz CT molecular complexity index is 570. The molecule has 0 aromatic heterocycles. The summed E-state index contributed by atoms with van der Waals surface area (Å²) in [5.74, 6) is -0.0878. The lowest BCUT2D eigenvalue weighted by Crippen LogP contribution is -2.45. The fourth-order valence-electron chi connectivity index (χ4n) is 4.36. The van der Waals surface area contributed by atoms with Gasteiger partial charge in [-0.1, -0.05) is 121 Å². The molecule has 0 radical (unpaired) electrons. The summed E-state index contributed by atoms with van der Waals surface area (Å²) in [6.07, 6.45) is 36.4. The van der Waals surface area contributed by atoms with E-state index in [0.29, 0.717) is 6.42 Å². The van der Waals surface area contributed by atoms with E-state index in [2.05, 4.69) is 43.5 Å². The average Bonchev–Trinajstić information content (AvgIpc) is 2.90. The molecule has 216 valence electrons. The van der Waals surface area contributed by atoms with Crippen LogP contribution in [0.1, 0.15) is 149 Å². The molecule has 0 spiro atoms. The van der Waals surface area contributed by atoms with Crippen molar-refractivity contribution in [2.24, 2.45) is 0 Å². The highest BCUT2D eigenvalue weighted by atomic mass is 16.3. The van der Waals surface area contributed by atoms with Gasteiger partial charge in [-0.2, -0.15) is 0 Å². The first-order chi connectivity index (χ1) is 18.2. The molecule has 4 nitrogen and oxygen atoms in total. The summed E-state index contributed by atoms with van der Waals surface area (Å²) >= 11 is 0. The number of allylic oxidation sites excluding steroid dienone is 5. The van der Waals surface area contributed by atoms with E-state index in [1.54, 1.807) is 6.08 Å². The van der Waals surface area contributed by atoms with Crippen LogP contribution < -0.4 is 5.32 Å². The number of nitrogens with one attached hydrogen (secondary N) is 1. The SMILES string of the molecule is CCCCCC/C=C\CCCCCCCC(=O)NC(CO)C(O)/C=C/CC/C=C/CCCCCCCC. The number of rotatable bonds is 27. The molecule has 4 heteroatoms. The van der Waals surface area contributed by atoms with Gasteiger partial charge in [0.15, 0.2) is 0 Å². The Hall–Kier alpha value is -1.39. The van der Waals surface area contributed by atoms with Gasteiger partial charge in [0.1, 0.15) is 0 Å². The molecule has 2 atom stereocenters. The quantitative estimate of drug-likeness (QED) is 0.0750. The summed E-state index contributed by atoms with van der Waals surface area (Å²) in [5, 5.41) is 22.7. The van der Waals surface area contributed by atoms with Gasteiger partial charge in [0, 0.05) is 6.42 Å². The van der Waals surface area contributed by atoms with E-state index < -0.39 is 12.1 Å². The Kier molecular flexibility index (Phi) is 28.1. The van der Waals surface area contributed by atoms with E-state index in [-0.39, 0.29) is 12.5 Å². The Morgan fingerprint density at radius 3 is 1.59 bits per heavy atom. The molecule has 0 bridgehead atoms. The predicted molar refractivity (Wildman–Crippen MR) is 161 cm³/mol. The van der Waals surface area contributed by atoms with Crippen molar-refractivity contribution in [3.63, 3.8) is 0 Å². The van der Waals surface area contributed by atoms with Crippen LogP contribution in [-0.2, 0) is 4.79 Å². The second-order valence-electron chi connectivity index (χ2n) is 10.5. The van der Waals surface area contributed by atoms with Gasteiger partial charge in [-0.05, 0) is 57.8 Å². The zero-order valence-corrected chi connectivity index (χ0v) is 24.5. The molecule has 0 aliphatic heterocycles. The number of carbonyl (C=O) groups is 1. The maximum absolute atomic E-state index is 12.2. The number of carbonyl (C=O) groups excluding carboxylic acids is 1. The summed E-state index contributed by atoms with van der Waals surface area (Å²) in [6, 6.07) is -0.638. The van der Waals surface area contributed by atoms with Crippen LogP contribution in [0, 0.1) is 0 Å². The molecule has 0 aromatic carbocycles. The number of aliphatic hydroxyl groups is 2. The van der Waals surface area contributed by atoms with Crippen molar-refractivity contribution in [2.75, 3.05) is 6.61 Å². The van der Waals surface area contributed by atoms with Gasteiger partial charge in [0.2, 0.25) is 5.91 Å². The van der Waals surface area contributed by atoms with Crippen LogP contribution in [-0.4, -0.2) is 34.9 Å². The highest BCUT2D eigenvalue weighted by molar-refractivity contribution is 5.76. The van der Waals surface area contributed by atoms with Crippen molar-refractivity contribution in [1.29, 1.82) is 0 Å². The first-order valence-corrected chi connectivity index (χ1v) is 15.7. The average molecular weight is 520 g/mol. The minimum Gasteiger partial charge on any atom is -0.394 e. The van der Waals surface area contributed by atoms with E-state index in [0.717, 1.165) is 44.9 Å². The standard InChI is InChI=1S/C33H61NO3/c1-3-5-7-9-11-13-15-17-19-21-23-25-27-29-33(37)34-31(30-35)32(36)28-26-24-22-20-18-16-14-12-10-8-6-4-2/h13,15,18,20,26,28,31-32,35-36H,3-12,14,16-17,19,21-25,27,29-30H2,1-2H3,(H,34,37)/b15-13-,20-18+,28-26+. The van der Waals surface area contributed by atoms with Gasteiger partial charge in [-0.25, -0.2) is 0 Å². The molecule has 2 unspecified atom stereocenters. The van der Waals surface area contributed by atoms with Crippen molar-refractivity contribution in [2.45, 2.75) is 161 Å². The molecule has 0 aliphatic carbocycles. The van der Waals surface area contributed by atoms with Crippen LogP contribution >= 0.6 is 0 Å². The van der Waals surface area contributed by atoms with E-state index >= 15 is 0 Å². The van der Waals surface area contributed by atoms with Crippen LogP contribution in [0.15, 0.2) is 36.5 Å². The second-order valence-corrected chi connectivity index (χ2v) is 10.5. The maximum Gasteiger partial charge on any atom is 0.220 e. The number of hydrogen-bond acceptors (Lipinski definition) is 3. The lowest BCUT2D eigenvalue weighted by atomic mass is 10.1. The lowest BCUT2D eigenvalue weighted by Gasteiger charge is -2.19. The molecule has 0 aromatic rings. The number of amides is 1. The van der Waals surface area contributed by atoms with Crippen molar-refractivity contribution >= 4 is 5.91 Å². The number of unbranched alkanes of at least 4 members (excludes halogenated alkanes) is 16. The van der Waals surface area contributed by atoms with Gasteiger partial charge in [-0.15, -0.1) is 0 Å². The third-order valence-electron chi connectivity index (χ3n) is 6.85. The highest BCUT2D eigenvalue weighted by Gasteiger charge is 2.17. The number of aliphatic hydroxyl groups excluding tert-OH is 2. The van der Waals surface area contributed by atoms with E-state index in [9.17, 15) is 15.0 Å². The monoisotopic (exact) mass is 519 g/mol. The van der Waals surface area contributed by atoms with Crippen molar-refractivity contribution < 1.29 is 15.0 Å². The highest BCUT2D eigenvalue weighted by Crippen LogP contribution is 2.10. The predicted octanol–water partition coefficient (Wildman–Crippen LogP) is 8.72. The molecular weight excluding hydrogens is 458 g/mol. The van der Waals surface area contributed by atoms with E-state index in [4.69, 9.17) is 0 Å². The third kappa shape index (κ3) is 26.0. The smallest absolute Gasteiger partial charge is 0.220 e. The molecule has 0 aliphatic rings. The molecule has 0 fully saturated rings. The minimum absolute atomic E-state index is 0.0878. The third-order valence-corrected chi connectivity index (χ3v) is 6.85. The summed E-state index contributed by atoms with van der Waals surface area (Å²) < 4.78 is 0. The molecule has 3 N–H and O–H groups in total. The van der Waals surface area contributed by atoms with Gasteiger partial charge in [0.05, 0.1) is 18.8 Å². The van der Waals surface area contributed by atoms with Gasteiger partial charge in [0.25, 0.3) is 0 Å². The summed E-state index contributed by atoms with van der Waals surface area (Å²) in [6.45, 7) is 4.23. The summed E-state index contributed by atoms with van der Waals surface area (Å²) in [5.41, 5.74) is 0. The minimum atomic E-state index is -0.860. The molecular formula is C33H61NO3. The topological polar surface area (TPSA) is 69.6 Å². The van der Waals surface area contributed by atoms with Crippen LogP contribution in [0.5, 0.6) is 0 Å². The van der Waals surface area contributed by atoms with Crippen molar-refractivity contribution in [1.82, 2.24) is 5.32 Å². The number of hydrogen-bond donors (Lipinski definition) is 3. The normalized spacial score (nSPS) is 13.7. The zero-order valence-electron chi connectivity index (χ0n) is 24.5. The Morgan fingerprint density at radius 1 is 0.622 bits per heavy atom. The Morgan fingerprint density at radius 2 is 1.05 bits per heavy atom. The molecule has 1 amide bonds. The van der Waals surface area contributed by atoms with E-state index in [1.165, 1.54) is 83.5 Å². The van der Waals surface area contributed by atoms with Gasteiger partial charge in [-0.3, -0.25) is 4.79 Å². The van der Waals surface area contributed by atoms with Crippen LogP contribution in [0.4, 0.5) is 0 Å².